The molecule has 3 rings (SSSR count). The number of thiophene rings is 1. The molecule has 0 aromatic carbocycles. The van der Waals surface area contributed by atoms with Gasteiger partial charge < -0.3 is 5.32 Å². The van der Waals surface area contributed by atoms with E-state index >= 15 is 0 Å². The molecule has 5 heteroatoms. The van der Waals surface area contributed by atoms with Crippen LogP contribution in [0.15, 0.2) is 11.4 Å². The van der Waals surface area contributed by atoms with E-state index in [1.54, 1.807) is 21.8 Å². The number of fused-ring (bicyclic) bond motifs is 1. The topological polar surface area (TPSA) is 24.9 Å². The van der Waals surface area contributed by atoms with Crippen LogP contribution in [-0.4, -0.2) is 17.3 Å². The second-order valence-electron chi connectivity index (χ2n) is 5.07. The molecule has 0 saturated heterocycles. The lowest BCUT2D eigenvalue weighted by molar-refractivity contribution is 0.553. The summed E-state index contributed by atoms with van der Waals surface area (Å²) in [5.74, 6) is 2.48. The number of aryl methyl sites for hydroxylation is 2. The van der Waals surface area contributed by atoms with Crippen LogP contribution >= 0.6 is 34.4 Å². The second kappa shape index (κ2) is 6.60. The smallest absolute Gasteiger partial charge is 0.0897 e. The molecule has 1 unspecified atom stereocenters. The van der Waals surface area contributed by atoms with Crippen molar-refractivity contribution in [1.29, 1.82) is 0 Å². The first-order chi connectivity index (χ1) is 9.76. The SMILES string of the molecule is CCNC(Cc1csc(C)n1)c1cc2c(s1)CCSC2. The number of nitrogens with one attached hydrogen (secondary N) is 1. The van der Waals surface area contributed by atoms with Gasteiger partial charge in [0.05, 0.1) is 10.7 Å². The van der Waals surface area contributed by atoms with E-state index in [4.69, 9.17) is 0 Å². The first kappa shape index (κ1) is 14.6. The molecule has 1 atom stereocenters. The van der Waals surface area contributed by atoms with Crippen molar-refractivity contribution >= 4 is 34.4 Å². The molecule has 1 aliphatic heterocycles. The summed E-state index contributed by atoms with van der Waals surface area (Å²) in [5.41, 5.74) is 2.79. The standard InChI is InChI=1S/C15H20N2S3/c1-3-16-13(7-12-9-19-10(2)17-12)15-6-11-8-18-5-4-14(11)20-15/h6,9,13,16H,3-5,7-8H2,1-2H3. The molecule has 0 radical (unpaired) electrons. The fourth-order valence-corrected chi connectivity index (χ4v) is 5.65. The number of aromatic nitrogens is 1. The van der Waals surface area contributed by atoms with Gasteiger partial charge in [0.1, 0.15) is 0 Å². The summed E-state index contributed by atoms with van der Waals surface area (Å²) in [6.07, 6.45) is 2.25. The maximum absolute atomic E-state index is 4.62. The number of nitrogens with zero attached hydrogens (tertiary/aromatic N) is 1. The van der Waals surface area contributed by atoms with Crippen LogP contribution < -0.4 is 5.32 Å². The molecule has 2 aromatic heterocycles. The van der Waals surface area contributed by atoms with Crippen LogP contribution in [0.2, 0.25) is 0 Å². The average molecular weight is 325 g/mol. The Kier molecular flexibility index (Phi) is 4.81. The van der Waals surface area contributed by atoms with Gasteiger partial charge in [-0.2, -0.15) is 11.8 Å². The van der Waals surface area contributed by atoms with E-state index in [1.807, 2.05) is 11.3 Å². The molecule has 3 heterocycles. The van der Waals surface area contributed by atoms with Crippen LogP contribution in [0.4, 0.5) is 0 Å². The minimum Gasteiger partial charge on any atom is -0.309 e. The van der Waals surface area contributed by atoms with E-state index in [2.05, 4.69) is 47.4 Å². The fraction of sp³-hybridized carbons (Fsp3) is 0.533. The highest BCUT2D eigenvalue weighted by molar-refractivity contribution is 7.98. The van der Waals surface area contributed by atoms with Gasteiger partial charge in [0.15, 0.2) is 0 Å². The Bertz CT molecular complexity index is 550. The molecule has 0 amide bonds. The van der Waals surface area contributed by atoms with E-state index in [9.17, 15) is 0 Å². The van der Waals surface area contributed by atoms with Crippen molar-refractivity contribution in [3.8, 4) is 0 Å². The van der Waals surface area contributed by atoms with Gasteiger partial charge in [-0.1, -0.05) is 6.92 Å². The molecule has 1 aliphatic rings. The van der Waals surface area contributed by atoms with Crippen molar-refractivity contribution in [3.63, 3.8) is 0 Å². The summed E-state index contributed by atoms with van der Waals surface area (Å²) in [4.78, 5) is 7.72. The predicted octanol–water partition coefficient (Wildman–Crippen LogP) is 4.20. The van der Waals surface area contributed by atoms with E-state index < -0.39 is 0 Å². The van der Waals surface area contributed by atoms with Crippen molar-refractivity contribution in [1.82, 2.24) is 10.3 Å². The van der Waals surface area contributed by atoms with E-state index in [-0.39, 0.29) is 0 Å². The van der Waals surface area contributed by atoms with Gasteiger partial charge in [0, 0.05) is 33.3 Å². The number of hydrogen-bond acceptors (Lipinski definition) is 5. The summed E-state index contributed by atoms with van der Waals surface area (Å²) in [5, 5.41) is 7.00. The minimum absolute atomic E-state index is 0.419. The molecule has 108 valence electrons. The largest absolute Gasteiger partial charge is 0.309 e. The highest BCUT2D eigenvalue weighted by Crippen LogP contribution is 2.35. The maximum Gasteiger partial charge on any atom is 0.0897 e. The number of hydrogen-bond donors (Lipinski definition) is 1. The van der Waals surface area contributed by atoms with Gasteiger partial charge in [-0.3, -0.25) is 0 Å². The lowest BCUT2D eigenvalue weighted by Crippen LogP contribution is -2.22. The average Bonchev–Trinajstić information content (AvgIpc) is 3.04. The van der Waals surface area contributed by atoms with E-state index in [0.29, 0.717) is 6.04 Å². The van der Waals surface area contributed by atoms with Gasteiger partial charge >= 0.3 is 0 Å². The Balaban J connectivity index is 1.80. The van der Waals surface area contributed by atoms with Gasteiger partial charge in [0.2, 0.25) is 0 Å². The number of rotatable bonds is 5. The highest BCUT2D eigenvalue weighted by Gasteiger charge is 2.20. The molecular weight excluding hydrogens is 304 g/mol. The van der Waals surface area contributed by atoms with Crippen molar-refractivity contribution in [3.05, 3.63) is 37.5 Å². The van der Waals surface area contributed by atoms with E-state index in [0.717, 1.165) is 18.0 Å². The Morgan fingerprint density at radius 2 is 2.35 bits per heavy atom. The van der Waals surface area contributed by atoms with Gasteiger partial charge in [-0.15, -0.1) is 22.7 Å². The Labute approximate surface area is 133 Å². The maximum atomic E-state index is 4.62. The predicted molar refractivity (Wildman–Crippen MR) is 91.2 cm³/mol. The molecule has 2 aromatic rings. The van der Waals surface area contributed by atoms with Crippen LogP contribution in [0.25, 0.3) is 0 Å². The van der Waals surface area contributed by atoms with Gasteiger partial charge in [-0.05, 0) is 37.3 Å². The van der Waals surface area contributed by atoms with Crippen molar-refractivity contribution in [2.75, 3.05) is 12.3 Å². The second-order valence-corrected chi connectivity index (χ2v) is 8.41. The fourth-order valence-electron chi connectivity index (χ4n) is 2.57. The van der Waals surface area contributed by atoms with Gasteiger partial charge in [0.25, 0.3) is 0 Å². The zero-order valence-electron chi connectivity index (χ0n) is 11.9. The molecule has 20 heavy (non-hydrogen) atoms. The van der Waals surface area contributed by atoms with Crippen molar-refractivity contribution < 1.29 is 0 Å². The summed E-state index contributed by atoms with van der Waals surface area (Å²) in [6.45, 7) is 5.27. The Morgan fingerprint density at radius 3 is 3.05 bits per heavy atom. The molecular formula is C15H20N2S3. The zero-order valence-corrected chi connectivity index (χ0v) is 14.4. The first-order valence-corrected chi connectivity index (χ1v) is 9.95. The molecule has 0 bridgehead atoms. The molecule has 0 fully saturated rings. The summed E-state index contributed by atoms with van der Waals surface area (Å²) >= 11 is 5.82. The third-order valence-corrected chi connectivity index (χ3v) is 6.70. The van der Waals surface area contributed by atoms with Crippen molar-refractivity contribution in [2.24, 2.45) is 0 Å². The lowest BCUT2D eigenvalue weighted by atomic mass is 10.1. The monoisotopic (exact) mass is 324 g/mol. The van der Waals surface area contributed by atoms with Crippen LogP contribution in [0, 0.1) is 6.92 Å². The van der Waals surface area contributed by atoms with Crippen LogP contribution in [0.1, 0.15) is 39.0 Å². The highest BCUT2D eigenvalue weighted by atomic mass is 32.2. The molecule has 0 aliphatic carbocycles. The number of likely N-dealkylation sites (N-methyl/N-ethyl adjacent to an activating group) is 1. The minimum atomic E-state index is 0.419. The summed E-state index contributed by atoms with van der Waals surface area (Å²) in [6, 6.07) is 2.85. The Hall–Kier alpha value is -0.360. The third kappa shape index (κ3) is 3.27. The molecule has 2 nitrogen and oxygen atoms in total. The van der Waals surface area contributed by atoms with Crippen LogP contribution in [-0.2, 0) is 18.6 Å². The van der Waals surface area contributed by atoms with Crippen molar-refractivity contribution in [2.45, 2.75) is 38.5 Å². The molecule has 1 N–H and O–H groups in total. The molecule has 0 saturated carbocycles. The first-order valence-electron chi connectivity index (χ1n) is 7.10. The normalized spacial score (nSPS) is 16.1. The van der Waals surface area contributed by atoms with E-state index in [1.165, 1.54) is 28.5 Å². The van der Waals surface area contributed by atoms with Gasteiger partial charge in [-0.25, -0.2) is 4.98 Å². The summed E-state index contributed by atoms with van der Waals surface area (Å²) < 4.78 is 0. The van der Waals surface area contributed by atoms with Crippen LogP contribution in [0.3, 0.4) is 0 Å². The number of thioether (sulfide) groups is 1. The quantitative estimate of drug-likeness (QED) is 0.892. The Morgan fingerprint density at radius 1 is 1.45 bits per heavy atom. The lowest BCUT2D eigenvalue weighted by Gasteiger charge is -2.15. The molecule has 0 spiro atoms. The number of thiazole rings is 1. The summed E-state index contributed by atoms with van der Waals surface area (Å²) in [7, 11) is 0. The van der Waals surface area contributed by atoms with Crippen LogP contribution in [0.5, 0.6) is 0 Å². The third-order valence-electron chi connectivity index (χ3n) is 3.52. The zero-order chi connectivity index (χ0) is 13.9.